The standard InChI is InChI=1S/C14H21NO2S/c1-3-15-12-6-9-14(10-12)18(16,17)13-7-4-11(2)5-8-13/h4-5,7-8,12,14-15H,3,6,9-10H2,1-2H3. The van der Waals surface area contributed by atoms with Gasteiger partial charge >= 0.3 is 0 Å². The lowest BCUT2D eigenvalue weighted by atomic mass is 10.2. The van der Waals surface area contributed by atoms with Gasteiger partial charge in [-0.2, -0.15) is 0 Å². The van der Waals surface area contributed by atoms with E-state index in [9.17, 15) is 8.42 Å². The van der Waals surface area contributed by atoms with Gasteiger partial charge in [0.2, 0.25) is 0 Å². The van der Waals surface area contributed by atoms with Crippen LogP contribution in [0.15, 0.2) is 29.2 Å². The summed E-state index contributed by atoms with van der Waals surface area (Å²) >= 11 is 0. The molecule has 0 bridgehead atoms. The summed E-state index contributed by atoms with van der Waals surface area (Å²) in [6.45, 7) is 4.93. The molecule has 1 aliphatic carbocycles. The molecule has 0 saturated heterocycles. The van der Waals surface area contributed by atoms with Gasteiger partial charge in [-0.1, -0.05) is 24.6 Å². The average Bonchev–Trinajstić information content (AvgIpc) is 2.79. The highest BCUT2D eigenvalue weighted by atomic mass is 32.2. The molecule has 1 saturated carbocycles. The Morgan fingerprint density at radius 3 is 2.50 bits per heavy atom. The number of benzene rings is 1. The number of sulfone groups is 1. The Labute approximate surface area is 110 Å². The van der Waals surface area contributed by atoms with Crippen molar-refractivity contribution < 1.29 is 8.42 Å². The van der Waals surface area contributed by atoms with Crippen LogP contribution in [0.5, 0.6) is 0 Å². The van der Waals surface area contributed by atoms with Crippen molar-refractivity contribution in [2.45, 2.75) is 49.3 Å². The molecule has 1 fully saturated rings. The molecule has 0 heterocycles. The molecule has 1 aromatic carbocycles. The number of aryl methyl sites for hydroxylation is 1. The Morgan fingerprint density at radius 2 is 1.89 bits per heavy atom. The highest BCUT2D eigenvalue weighted by Crippen LogP contribution is 2.30. The van der Waals surface area contributed by atoms with Crippen LogP contribution in [0.25, 0.3) is 0 Å². The SMILES string of the molecule is CCNC1CCC(S(=O)(=O)c2ccc(C)cc2)C1. The summed E-state index contributed by atoms with van der Waals surface area (Å²) in [4.78, 5) is 0.468. The lowest BCUT2D eigenvalue weighted by Gasteiger charge is -2.13. The molecule has 1 N–H and O–H groups in total. The second-order valence-corrected chi connectivity index (χ2v) is 7.28. The topological polar surface area (TPSA) is 46.2 Å². The summed E-state index contributed by atoms with van der Waals surface area (Å²) in [7, 11) is -3.15. The van der Waals surface area contributed by atoms with Crippen molar-refractivity contribution in [3.63, 3.8) is 0 Å². The van der Waals surface area contributed by atoms with Gasteiger partial charge in [0, 0.05) is 6.04 Å². The van der Waals surface area contributed by atoms with E-state index in [1.54, 1.807) is 12.1 Å². The molecule has 100 valence electrons. The first-order valence-corrected chi connectivity index (χ1v) is 8.12. The molecular weight excluding hydrogens is 246 g/mol. The zero-order chi connectivity index (χ0) is 13.2. The number of hydrogen-bond donors (Lipinski definition) is 1. The minimum Gasteiger partial charge on any atom is -0.314 e. The van der Waals surface area contributed by atoms with Crippen LogP contribution < -0.4 is 5.32 Å². The van der Waals surface area contributed by atoms with Gasteiger partial charge in [-0.15, -0.1) is 0 Å². The summed E-state index contributed by atoms with van der Waals surface area (Å²) in [5.74, 6) is 0. The molecule has 18 heavy (non-hydrogen) atoms. The largest absolute Gasteiger partial charge is 0.314 e. The smallest absolute Gasteiger partial charge is 0.181 e. The van der Waals surface area contributed by atoms with E-state index in [4.69, 9.17) is 0 Å². The van der Waals surface area contributed by atoms with E-state index in [0.29, 0.717) is 10.9 Å². The van der Waals surface area contributed by atoms with Crippen molar-refractivity contribution in [3.05, 3.63) is 29.8 Å². The van der Waals surface area contributed by atoms with Gasteiger partial charge in [0.05, 0.1) is 10.1 Å². The average molecular weight is 267 g/mol. The van der Waals surface area contributed by atoms with E-state index >= 15 is 0 Å². The molecule has 0 aliphatic heterocycles. The molecule has 1 aliphatic rings. The second-order valence-electron chi connectivity index (χ2n) is 5.05. The Morgan fingerprint density at radius 1 is 1.22 bits per heavy atom. The third-order valence-electron chi connectivity index (χ3n) is 3.67. The Hall–Kier alpha value is -0.870. The summed E-state index contributed by atoms with van der Waals surface area (Å²) in [5, 5.41) is 3.12. The van der Waals surface area contributed by atoms with Crippen molar-refractivity contribution in [1.82, 2.24) is 5.32 Å². The lowest BCUT2D eigenvalue weighted by molar-refractivity contribution is 0.537. The van der Waals surface area contributed by atoms with Crippen LogP contribution >= 0.6 is 0 Å². The molecule has 0 radical (unpaired) electrons. The fourth-order valence-electron chi connectivity index (χ4n) is 2.62. The summed E-state index contributed by atoms with van der Waals surface area (Å²) in [5.41, 5.74) is 1.09. The van der Waals surface area contributed by atoms with Crippen LogP contribution in [0.2, 0.25) is 0 Å². The van der Waals surface area contributed by atoms with E-state index in [1.807, 2.05) is 19.1 Å². The van der Waals surface area contributed by atoms with Crippen LogP contribution in [0.4, 0.5) is 0 Å². The van der Waals surface area contributed by atoms with E-state index < -0.39 is 9.84 Å². The summed E-state index contributed by atoms with van der Waals surface area (Å²) in [6, 6.07) is 7.55. The van der Waals surface area contributed by atoms with Gasteiger partial charge in [0.25, 0.3) is 0 Å². The second kappa shape index (κ2) is 5.41. The minimum atomic E-state index is -3.15. The van der Waals surface area contributed by atoms with Crippen molar-refractivity contribution in [2.24, 2.45) is 0 Å². The third kappa shape index (κ3) is 2.75. The molecule has 2 rings (SSSR count). The lowest BCUT2D eigenvalue weighted by Crippen LogP contribution is -2.28. The molecule has 2 unspecified atom stereocenters. The van der Waals surface area contributed by atoms with Crippen LogP contribution in [-0.2, 0) is 9.84 Å². The summed E-state index contributed by atoms with van der Waals surface area (Å²) in [6.07, 6.45) is 2.47. The maximum atomic E-state index is 12.5. The molecule has 3 nitrogen and oxygen atoms in total. The quantitative estimate of drug-likeness (QED) is 0.910. The molecule has 0 spiro atoms. The van der Waals surface area contributed by atoms with Crippen molar-refractivity contribution in [1.29, 1.82) is 0 Å². The van der Waals surface area contributed by atoms with Gasteiger partial charge in [-0.05, 0) is 44.9 Å². The highest BCUT2D eigenvalue weighted by molar-refractivity contribution is 7.92. The van der Waals surface area contributed by atoms with Gasteiger partial charge in [-0.25, -0.2) is 8.42 Å². The molecule has 0 aromatic heterocycles. The highest BCUT2D eigenvalue weighted by Gasteiger charge is 2.34. The van der Waals surface area contributed by atoms with Gasteiger partial charge in [-0.3, -0.25) is 0 Å². The van der Waals surface area contributed by atoms with Gasteiger partial charge in [0.1, 0.15) is 0 Å². The third-order valence-corrected chi connectivity index (χ3v) is 5.90. The Kier molecular flexibility index (Phi) is 4.07. The van der Waals surface area contributed by atoms with E-state index in [2.05, 4.69) is 12.2 Å². The monoisotopic (exact) mass is 267 g/mol. The number of hydrogen-bond acceptors (Lipinski definition) is 3. The maximum absolute atomic E-state index is 12.5. The number of rotatable bonds is 4. The van der Waals surface area contributed by atoms with Crippen LogP contribution in [0, 0.1) is 6.92 Å². The summed E-state index contributed by atoms with van der Waals surface area (Å²) < 4.78 is 24.9. The van der Waals surface area contributed by atoms with E-state index in [0.717, 1.165) is 31.4 Å². The maximum Gasteiger partial charge on any atom is 0.181 e. The predicted octanol–water partition coefficient (Wildman–Crippen LogP) is 2.30. The fraction of sp³-hybridized carbons (Fsp3) is 0.571. The van der Waals surface area contributed by atoms with Crippen LogP contribution in [-0.4, -0.2) is 26.3 Å². The van der Waals surface area contributed by atoms with Crippen LogP contribution in [0.3, 0.4) is 0 Å². The normalized spacial score (nSPS) is 24.3. The Bertz CT molecular complexity index is 493. The van der Waals surface area contributed by atoms with E-state index in [-0.39, 0.29) is 5.25 Å². The van der Waals surface area contributed by atoms with Crippen molar-refractivity contribution >= 4 is 9.84 Å². The first-order chi connectivity index (χ1) is 8.54. The molecule has 0 amide bonds. The molecule has 2 atom stereocenters. The van der Waals surface area contributed by atoms with Gasteiger partial charge in [0.15, 0.2) is 9.84 Å². The molecule has 1 aromatic rings. The molecule has 4 heteroatoms. The van der Waals surface area contributed by atoms with Crippen molar-refractivity contribution in [3.8, 4) is 0 Å². The Balaban J connectivity index is 2.15. The first kappa shape index (κ1) is 13.6. The van der Waals surface area contributed by atoms with Gasteiger partial charge < -0.3 is 5.32 Å². The van der Waals surface area contributed by atoms with Crippen LogP contribution in [0.1, 0.15) is 31.7 Å². The first-order valence-electron chi connectivity index (χ1n) is 6.58. The molecular formula is C14H21NO2S. The zero-order valence-electron chi connectivity index (χ0n) is 11.0. The van der Waals surface area contributed by atoms with Crippen molar-refractivity contribution in [2.75, 3.05) is 6.54 Å². The van der Waals surface area contributed by atoms with E-state index in [1.165, 1.54) is 0 Å². The number of nitrogens with one attached hydrogen (secondary N) is 1. The zero-order valence-corrected chi connectivity index (χ0v) is 11.8. The minimum absolute atomic E-state index is 0.218. The fourth-order valence-corrected chi connectivity index (χ4v) is 4.45. The predicted molar refractivity (Wildman–Crippen MR) is 73.5 cm³/mol.